The van der Waals surface area contributed by atoms with Crippen LogP contribution in [0.4, 0.5) is 0 Å². The number of alkyl halides is 1. The van der Waals surface area contributed by atoms with E-state index in [1.54, 1.807) is 0 Å². The van der Waals surface area contributed by atoms with Gasteiger partial charge in [-0.2, -0.15) is 0 Å². The fraction of sp³-hybridized carbons (Fsp3) is 0.864. The molecule has 3 nitrogen and oxygen atoms in total. The van der Waals surface area contributed by atoms with Crippen molar-refractivity contribution in [2.75, 3.05) is 19.8 Å². The molecule has 0 aromatic heterocycles. The maximum Gasteiger partial charge on any atom is 0.322 e. The Morgan fingerprint density at radius 1 is 0.962 bits per heavy atom. The summed E-state index contributed by atoms with van der Waals surface area (Å²) in [6, 6.07) is 0. The summed E-state index contributed by atoms with van der Waals surface area (Å²) in [7, 11) is 0. The third kappa shape index (κ3) is 8.12. The Bertz CT molecular complexity index is 441. The summed E-state index contributed by atoms with van der Waals surface area (Å²) < 4.78 is 10.6. The maximum atomic E-state index is 11.6. The molecule has 0 aliphatic heterocycles. The van der Waals surface area contributed by atoms with Gasteiger partial charge in [0.2, 0.25) is 0 Å². The van der Waals surface area contributed by atoms with Gasteiger partial charge in [-0.25, -0.2) is 0 Å². The first-order chi connectivity index (χ1) is 12.5. The molecule has 0 amide bonds. The van der Waals surface area contributed by atoms with Crippen LogP contribution in [-0.4, -0.2) is 30.1 Å². The number of carbonyl (C=O) groups excluding carboxylic acids is 1. The van der Waals surface area contributed by atoms with Crippen LogP contribution in [0.5, 0.6) is 0 Å². The molecule has 2 aliphatic carbocycles. The number of unbranched alkanes of at least 4 members (excludes halogenated alkanes) is 7. The average Bonchev–Trinajstić information content (AvgIpc) is 3.21. The Balaban J connectivity index is 1.28. The fourth-order valence-electron chi connectivity index (χ4n) is 4.02. The minimum Gasteiger partial charge on any atom is -0.465 e. The van der Waals surface area contributed by atoms with Crippen molar-refractivity contribution in [3.05, 3.63) is 12.2 Å². The quantitative estimate of drug-likeness (QED) is 0.146. The molecule has 2 bridgehead atoms. The Labute approximate surface area is 168 Å². The minimum atomic E-state index is -0.565. The summed E-state index contributed by atoms with van der Waals surface area (Å²) in [4.78, 5) is 11.6. The van der Waals surface area contributed by atoms with Gasteiger partial charge < -0.3 is 9.47 Å². The molecule has 4 heteroatoms. The van der Waals surface area contributed by atoms with E-state index < -0.39 is 4.32 Å². The van der Waals surface area contributed by atoms with Crippen LogP contribution < -0.4 is 0 Å². The molecule has 150 valence electrons. The minimum absolute atomic E-state index is 0.170. The molecule has 2 aliphatic rings. The van der Waals surface area contributed by atoms with E-state index in [4.69, 9.17) is 9.47 Å². The first-order valence-corrected chi connectivity index (χ1v) is 11.4. The molecule has 1 fully saturated rings. The second kappa shape index (κ2) is 11.5. The van der Waals surface area contributed by atoms with Crippen molar-refractivity contribution in [2.24, 2.45) is 17.8 Å². The van der Waals surface area contributed by atoms with Crippen molar-refractivity contribution in [3.8, 4) is 0 Å². The van der Waals surface area contributed by atoms with Crippen LogP contribution in [0.1, 0.15) is 78.1 Å². The van der Waals surface area contributed by atoms with E-state index in [2.05, 4.69) is 28.1 Å². The number of carbonyl (C=O) groups is 1. The van der Waals surface area contributed by atoms with E-state index >= 15 is 0 Å². The lowest BCUT2D eigenvalue weighted by molar-refractivity contribution is -0.145. The molecule has 3 atom stereocenters. The molecular formula is C22H37BrO3. The number of ether oxygens (including phenoxy) is 2. The maximum absolute atomic E-state index is 11.6. The number of allylic oxidation sites excluding steroid dienone is 2. The van der Waals surface area contributed by atoms with Crippen molar-refractivity contribution in [2.45, 2.75) is 82.4 Å². The molecule has 0 aromatic carbocycles. The molecule has 26 heavy (non-hydrogen) atoms. The highest BCUT2D eigenvalue weighted by Crippen LogP contribution is 2.43. The van der Waals surface area contributed by atoms with E-state index in [-0.39, 0.29) is 5.97 Å². The number of hydrogen-bond acceptors (Lipinski definition) is 3. The second-order valence-electron chi connectivity index (χ2n) is 8.55. The third-order valence-corrected chi connectivity index (χ3v) is 5.97. The first kappa shape index (κ1) is 21.9. The van der Waals surface area contributed by atoms with Crippen LogP contribution >= 0.6 is 15.9 Å². The monoisotopic (exact) mass is 428 g/mol. The van der Waals surface area contributed by atoms with Crippen LogP contribution in [0, 0.1) is 17.8 Å². The number of halogens is 1. The van der Waals surface area contributed by atoms with E-state index in [1.165, 1.54) is 51.4 Å². The molecule has 0 heterocycles. The summed E-state index contributed by atoms with van der Waals surface area (Å²) in [6.45, 7) is 6.09. The lowest BCUT2D eigenvalue weighted by Crippen LogP contribution is -2.26. The summed E-state index contributed by atoms with van der Waals surface area (Å²) in [5.41, 5.74) is 0. The number of esters is 1. The van der Waals surface area contributed by atoms with E-state index in [0.29, 0.717) is 6.61 Å². The Hall–Kier alpha value is -0.350. The predicted molar refractivity (Wildman–Crippen MR) is 111 cm³/mol. The Kier molecular flexibility index (Phi) is 9.69. The second-order valence-corrected chi connectivity index (χ2v) is 10.5. The van der Waals surface area contributed by atoms with Gasteiger partial charge in [-0.15, -0.1) is 0 Å². The smallest absolute Gasteiger partial charge is 0.322 e. The molecular weight excluding hydrogens is 392 g/mol. The van der Waals surface area contributed by atoms with Gasteiger partial charge in [0.1, 0.15) is 4.32 Å². The molecule has 2 rings (SSSR count). The van der Waals surface area contributed by atoms with Crippen molar-refractivity contribution < 1.29 is 14.3 Å². The summed E-state index contributed by atoms with van der Waals surface area (Å²) in [5.74, 6) is 2.30. The Morgan fingerprint density at radius 3 is 2.12 bits per heavy atom. The van der Waals surface area contributed by atoms with Crippen LogP contribution in [-0.2, 0) is 14.3 Å². The van der Waals surface area contributed by atoms with Gasteiger partial charge in [0, 0.05) is 13.2 Å². The van der Waals surface area contributed by atoms with Crippen molar-refractivity contribution in [1.82, 2.24) is 0 Å². The van der Waals surface area contributed by atoms with E-state index in [9.17, 15) is 4.79 Å². The van der Waals surface area contributed by atoms with Gasteiger partial charge in [-0.3, -0.25) is 4.79 Å². The zero-order valence-corrected chi connectivity index (χ0v) is 18.3. The standard InChI is InChI=1S/C22H37BrO3/c1-22(2,23)21(24)26-14-10-8-6-4-3-5-7-9-13-25-17-20-16-18-11-12-19(20)15-18/h11-12,18-20H,3-10,13-17H2,1-2H3/t18-,19+,20-/m1/s1. The molecule has 0 spiro atoms. The molecule has 0 aromatic rings. The highest BCUT2D eigenvalue weighted by atomic mass is 79.9. The van der Waals surface area contributed by atoms with E-state index in [0.717, 1.165) is 43.8 Å². The molecule has 1 saturated carbocycles. The molecule has 0 saturated heterocycles. The zero-order valence-electron chi connectivity index (χ0n) is 16.7. The lowest BCUT2D eigenvalue weighted by Gasteiger charge is -2.17. The highest BCUT2D eigenvalue weighted by Gasteiger charge is 2.35. The van der Waals surface area contributed by atoms with Gasteiger partial charge in [0.15, 0.2) is 0 Å². The van der Waals surface area contributed by atoms with Crippen molar-refractivity contribution >= 4 is 21.9 Å². The van der Waals surface area contributed by atoms with Crippen molar-refractivity contribution in [3.63, 3.8) is 0 Å². The largest absolute Gasteiger partial charge is 0.465 e. The lowest BCUT2D eigenvalue weighted by atomic mass is 9.95. The van der Waals surface area contributed by atoms with Crippen LogP contribution in [0.3, 0.4) is 0 Å². The number of rotatable bonds is 14. The van der Waals surface area contributed by atoms with E-state index in [1.807, 2.05) is 13.8 Å². The summed E-state index contributed by atoms with van der Waals surface area (Å²) >= 11 is 3.32. The number of hydrogen-bond donors (Lipinski definition) is 0. The van der Waals surface area contributed by atoms with Gasteiger partial charge in [0.05, 0.1) is 6.61 Å². The normalized spacial score (nSPS) is 24.3. The first-order valence-electron chi connectivity index (χ1n) is 10.6. The SMILES string of the molecule is CC(C)(Br)C(=O)OCCCCCCCCCCOC[C@H]1C[C@@H]2C=C[C@H]1C2. The molecule has 0 radical (unpaired) electrons. The van der Waals surface area contributed by atoms with Crippen LogP contribution in [0.2, 0.25) is 0 Å². The van der Waals surface area contributed by atoms with Crippen LogP contribution in [0.15, 0.2) is 12.2 Å². The zero-order chi connectivity index (χ0) is 18.8. The molecule has 0 unspecified atom stereocenters. The topological polar surface area (TPSA) is 35.5 Å². The number of fused-ring (bicyclic) bond motifs is 2. The van der Waals surface area contributed by atoms with Gasteiger partial charge in [-0.1, -0.05) is 66.6 Å². The average molecular weight is 429 g/mol. The molecule has 0 N–H and O–H groups in total. The van der Waals surface area contributed by atoms with Gasteiger partial charge in [-0.05, 0) is 57.3 Å². The van der Waals surface area contributed by atoms with Gasteiger partial charge in [0.25, 0.3) is 0 Å². The van der Waals surface area contributed by atoms with Gasteiger partial charge >= 0.3 is 5.97 Å². The fourth-order valence-corrected chi connectivity index (χ4v) is 4.14. The summed E-state index contributed by atoms with van der Waals surface area (Å²) in [5, 5.41) is 0. The van der Waals surface area contributed by atoms with Crippen LogP contribution in [0.25, 0.3) is 0 Å². The Morgan fingerprint density at radius 2 is 1.58 bits per heavy atom. The third-order valence-electron chi connectivity index (χ3n) is 5.65. The summed E-state index contributed by atoms with van der Waals surface area (Å²) in [6.07, 6.45) is 17.3. The van der Waals surface area contributed by atoms with Crippen molar-refractivity contribution in [1.29, 1.82) is 0 Å². The predicted octanol–water partition coefficient (Wildman–Crippen LogP) is 6.05. The highest BCUT2D eigenvalue weighted by molar-refractivity contribution is 9.10.